The van der Waals surface area contributed by atoms with Crippen LogP contribution in [0.15, 0.2) is 24.3 Å². The number of likely N-dealkylation sites (N-methyl/N-ethyl adjacent to an activating group) is 1. The molecule has 0 aliphatic carbocycles. The summed E-state index contributed by atoms with van der Waals surface area (Å²) in [6.07, 6.45) is 0. The Labute approximate surface area is 148 Å². The first kappa shape index (κ1) is 20.5. The minimum Gasteiger partial charge on any atom is -0.461 e. The average molecular weight is 353 g/mol. The molecule has 0 heterocycles. The van der Waals surface area contributed by atoms with E-state index >= 15 is 0 Å². The van der Waals surface area contributed by atoms with Gasteiger partial charge in [0.25, 0.3) is 0 Å². The van der Waals surface area contributed by atoms with Crippen molar-refractivity contribution in [3.8, 4) is 0 Å². The number of hydrogen-bond acceptors (Lipinski definition) is 6. The molecule has 0 saturated heterocycles. The summed E-state index contributed by atoms with van der Waals surface area (Å²) in [7, 11) is 0. The van der Waals surface area contributed by atoms with Crippen LogP contribution in [0.5, 0.6) is 0 Å². The van der Waals surface area contributed by atoms with Gasteiger partial charge in [-0.2, -0.15) is 11.8 Å². The first-order valence-electron chi connectivity index (χ1n) is 8.17. The summed E-state index contributed by atoms with van der Waals surface area (Å²) in [6.45, 7) is 7.69. The van der Waals surface area contributed by atoms with Gasteiger partial charge in [-0.05, 0) is 37.4 Å². The first-order valence-corrected chi connectivity index (χ1v) is 9.33. The molecular weight excluding hydrogens is 326 g/mol. The van der Waals surface area contributed by atoms with Crippen molar-refractivity contribution in [3.63, 3.8) is 0 Å². The molecule has 0 saturated carbocycles. The molecule has 1 rings (SSSR count). The number of ether oxygens (including phenoxy) is 1. The summed E-state index contributed by atoms with van der Waals surface area (Å²) in [5.41, 5.74) is 6.52. The number of anilines is 1. The Balaban J connectivity index is 2.40. The van der Waals surface area contributed by atoms with Crippen molar-refractivity contribution >= 4 is 29.3 Å². The summed E-state index contributed by atoms with van der Waals surface area (Å²) >= 11 is 1.49. The number of benzene rings is 1. The highest BCUT2D eigenvalue weighted by molar-refractivity contribution is 7.99. The lowest BCUT2D eigenvalue weighted by Gasteiger charge is -2.17. The monoisotopic (exact) mass is 353 g/mol. The van der Waals surface area contributed by atoms with Crippen molar-refractivity contribution in [2.45, 2.75) is 13.8 Å². The fourth-order valence-electron chi connectivity index (χ4n) is 2.03. The van der Waals surface area contributed by atoms with E-state index in [0.717, 1.165) is 25.4 Å². The minimum absolute atomic E-state index is 0.0806. The van der Waals surface area contributed by atoms with Crippen molar-refractivity contribution in [1.29, 1.82) is 0 Å². The third kappa shape index (κ3) is 7.81. The number of hydrogen-bond donors (Lipinski definition) is 2. The number of esters is 1. The fourth-order valence-corrected chi connectivity index (χ4v) is 2.59. The van der Waals surface area contributed by atoms with E-state index in [2.05, 4.69) is 24.1 Å². The highest BCUT2D eigenvalue weighted by Crippen LogP contribution is 2.11. The maximum atomic E-state index is 12.0. The molecule has 1 amide bonds. The Morgan fingerprint density at radius 2 is 1.88 bits per heavy atom. The summed E-state index contributed by atoms with van der Waals surface area (Å²) in [5, 5.41) is 2.78. The summed E-state index contributed by atoms with van der Waals surface area (Å²) in [5.74, 6) is 0.694. The third-order valence-electron chi connectivity index (χ3n) is 3.43. The van der Waals surface area contributed by atoms with Gasteiger partial charge in [-0.15, -0.1) is 0 Å². The predicted octanol–water partition coefficient (Wildman–Crippen LogP) is 1.82. The van der Waals surface area contributed by atoms with E-state index in [0.29, 0.717) is 30.2 Å². The van der Waals surface area contributed by atoms with Gasteiger partial charge in [0, 0.05) is 24.5 Å². The molecule has 0 unspecified atom stereocenters. The third-order valence-corrected chi connectivity index (χ3v) is 4.43. The number of carbonyl (C=O) groups is 2. The molecule has 0 aliphatic rings. The zero-order valence-corrected chi connectivity index (χ0v) is 15.2. The second kappa shape index (κ2) is 11.9. The number of carbonyl (C=O) groups excluding carboxylic acids is 2. The van der Waals surface area contributed by atoms with Gasteiger partial charge in [0.15, 0.2) is 0 Å². The van der Waals surface area contributed by atoms with Gasteiger partial charge < -0.3 is 20.7 Å². The number of rotatable bonds is 11. The van der Waals surface area contributed by atoms with Crippen LogP contribution in [0.2, 0.25) is 0 Å². The van der Waals surface area contributed by atoms with Gasteiger partial charge in [0.1, 0.15) is 6.61 Å². The van der Waals surface area contributed by atoms with Crippen molar-refractivity contribution in [1.82, 2.24) is 4.90 Å². The molecule has 1 aromatic carbocycles. The van der Waals surface area contributed by atoms with Gasteiger partial charge in [-0.1, -0.05) is 13.8 Å². The standard InChI is InChI=1S/C17H27N3O3S/c1-3-20(4-2)10-11-23-17(22)14-5-7-15(8-6-14)19-16(21)13-24-12-9-18/h5-8H,3-4,9-13,18H2,1-2H3,(H,19,21). The van der Waals surface area contributed by atoms with Crippen molar-refractivity contribution in [2.24, 2.45) is 5.73 Å². The Kier molecular flexibility index (Phi) is 10.1. The normalized spacial score (nSPS) is 10.7. The second-order valence-electron chi connectivity index (χ2n) is 5.13. The van der Waals surface area contributed by atoms with Gasteiger partial charge >= 0.3 is 5.97 Å². The first-order chi connectivity index (χ1) is 11.6. The summed E-state index contributed by atoms with van der Waals surface area (Å²) < 4.78 is 5.27. The quantitative estimate of drug-likeness (QED) is 0.466. The van der Waals surface area contributed by atoms with Gasteiger partial charge in [0.05, 0.1) is 11.3 Å². The van der Waals surface area contributed by atoms with Gasteiger partial charge in [0.2, 0.25) is 5.91 Å². The molecule has 1 aromatic rings. The molecule has 0 aliphatic heterocycles. The van der Waals surface area contributed by atoms with Crippen molar-refractivity contribution in [3.05, 3.63) is 29.8 Å². The molecule has 24 heavy (non-hydrogen) atoms. The Bertz CT molecular complexity index is 504. The van der Waals surface area contributed by atoms with Crippen LogP contribution in [0, 0.1) is 0 Å². The SMILES string of the molecule is CCN(CC)CCOC(=O)c1ccc(NC(=O)CSCCN)cc1. The number of thioether (sulfide) groups is 1. The Hall–Kier alpha value is -1.57. The van der Waals surface area contributed by atoms with Crippen molar-refractivity contribution in [2.75, 3.05) is 49.6 Å². The van der Waals surface area contributed by atoms with Gasteiger partial charge in [-0.25, -0.2) is 4.79 Å². The van der Waals surface area contributed by atoms with Crippen LogP contribution in [0.4, 0.5) is 5.69 Å². The molecule has 7 heteroatoms. The lowest BCUT2D eigenvalue weighted by molar-refractivity contribution is -0.113. The smallest absolute Gasteiger partial charge is 0.338 e. The van der Waals surface area contributed by atoms with E-state index < -0.39 is 0 Å². The number of nitrogens with zero attached hydrogens (tertiary/aromatic N) is 1. The average Bonchev–Trinajstić information content (AvgIpc) is 2.59. The van der Waals surface area contributed by atoms with Crippen LogP contribution in [0.3, 0.4) is 0 Å². The Morgan fingerprint density at radius 3 is 2.46 bits per heavy atom. The van der Waals surface area contributed by atoms with Crippen LogP contribution in [0.25, 0.3) is 0 Å². The van der Waals surface area contributed by atoms with E-state index in [1.165, 1.54) is 11.8 Å². The summed E-state index contributed by atoms with van der Waals surface area (Å²) in [4.78, 5) is 25.9. The molecule has 0 fully saturated rings. The molecule has 3 N–H and O–H groups in total. The zero-order chi connectivity index (χ0) is 17.8. The lowest BCUT2D eigenvalue weighted by Crippen LogP contribution is -2.27. The van der Waals surface area contributed by atoms with E-state index in [1.807, 2.05) is 0 Å². The summed E-state index contributed by atoms with van der Waals surface area (Å²) in [6, 6.07) is 6.71. The Morgan fingerprint density at radius 1 is 1.21 bits per heavy atom. The largest absolute Gasteiger partial charge is 0.461 e. The maximum Gasteiger partial charge on any atom is 0.338 e. The molecule has 0 atom stereocenters. The van der Waals surface area contributed by atoms with Crippen LogP contribution in [-0.4, -0.2) is 61.1 Å². The second-order valence-corrected chi connectivity index (χ2v) is 6.23. The molecule has 134 valence electrons. The van der Waals surface area contributed by atoms with Crippen LogP contribution < -0.4 is 11.1 Å². The van der Waals surface area contributed by atoms with E-state index in [4.69, 9.17) is 10.5 Å². The maximum absolute atomic E-state index is 12.0. The zero-order valence-electron chi connectivity index (χ0n) is 14.4. The lowest BCUT2D eigenvalue weighted by atomic mass is 10.2. The van der Waals surface area contributed by atoms with Crippen LogP contribution in [-0.2, 0) is 9.53 Å². The molecule has 0 bridgehead atoms. The highest BCUT2D eigenvalue weighted by atomic mass is 32.2. The fraction of sp³-hybridized carbons (Fsp3) is 0.529. The topological polar surface area (TPSA) is 84.7 Å². The molecule has 0 radical (unpaired) electrons. The highest BCUT2D eigenvalue weighted by Gasteiger charge is 2.09. The van der Waals surface area contributed by atoms with Crippen LogP contribution >= 0.6 is 11.8 Å². The van der Waals surface area contributed by atoms with Crippen molar-refractivity contribution < 1.29 is 14.3 Å². The number of amides is 1. The van der Waals surface area contributed by atoms with Crippen LogP contribution in [0.1, 0.15) is 24.2 Å². The van der Waals surface area contributed by atoms with Gasteiger partial charge in [-0.3, -0.25) is 4.79 Å². The number of nitrogens with two attached hydrogens (primary N) is 1. The molecule has 6 nitrogen and oxygen atoms in total. The predicted molar refractivity (Wildman–Crippen MR) is 99.5 cm³/mol. The van der Waals surface area contributed by atoms with E-state index in [-0.39, 0.29) is 11.9 Å². The molecular formula is C17H27N3O3S. The number of nitrogens with one attached hydrogen (secondary N) is 1. The van der Waals surface area contributed by atoms with E-state index in [1.54, 1.807) is 24.3 Å². The molecule has 0 aromatic heterocycles. The molecule has 0 spiro atoms. The minimum atomic E-state index is -0.349. The van der Waals surface area contributed by atoms with E-state index in [9.17, 15) is 9.59 Å².